The molecule has 0 bridgehead atoms. The topological polar surface area (TPSA) is 53.6 Å². The predicted molar refractivity (Wildman–Crippen MR) is 98.0 cm³/mol. The highest BCUT2D eigenvalue weighted by atomic mass is 35.5. The molecular weight excluding hydrogens is 345 g/mol. The quantitative estimate of drug-likeness (QED) is 0.855. The molecule has 0 radical (unpaired) electrons. The number of anilines is 3. The first-order chi connectivity index (χ1) is 12.1. The van der Waals surface area contributed by atoms with Crippen LogP contribution >= 0.6 is 11.6 Å². The Morgan fingerprint density at radius 1 is 1.16 bits per heavy atom. The number of amides is 1. The summed E-state index contributed by atoms with van der Waals surface area (Å²) in [5, 5.41) is 5.85. The number of ether oxygens (including phenoxy) is 1. The van der Waals surface area contributed by atoms with E-state index in [1.807, 2.05) is 24.3 Å². The summed E-state index contributed by atoms with van der Waals surface area (Å²) in [4.78, 5) is 14.2. The van der Waals surface area contributed by atoms with Crippen molar-refractivity contribution < 1.29 is 13.9 Å². The molecule has 0 unspecified atom stereocenters. The Hall–Kier alpha value is -2.31. The third-order valence-corrected chi connectivity index (χ3v) is 4.13. The molecule has 7 heteroatoms. The highest BCUT2D eigenvalue weighted by Crippen LogP contribution is 2.20. The molecule has 5 nitrogen and oxygen atoms in total. The molecule has 0 atom stereocenters. The van der Waals surface area contributed by atoms with Gasteiger partial charge in [0.05, 0.1) is 25.4 Å². The number of carbonyl (C=O) groups is 1. The van der Waals surface area contributed by atoms with Gasteiger partial charge in [0.2, 0.25) is 5.91 Å². The molecule has 2 aromatic rings. The fourth-order valence-electron chi connectivity index (χ4n) is 2.59. The number of halogens is 2. The van der Waals surface area contributed by atoms with Gasteiger partial charge < -0.3 is 20.3 Å². The van der Waals surface area contributed by atoms with E-state index in [1.165, 1.54) is 12.1 Å². The Labute approximate surface area is 150 Å². The fraction of sp³-hybridized carbons (Fsp3) is 0.278. The standard InChI is InChI=1S/C18H19ClFN3O2/c19-13-1-6-17(16(20)11-13)21-12-18(24)22-14-2-4-15(5-3-14)23-7-9-25-10-8-23/h1-6,11,21H,7-10,12H2,(H,22,24). The minimum Gasteiger partial charge on any atom is -0.378 e. The van der Waals surface area contributed by atoms with Crippen LogP contribution in [0.4, 0.5) is 21.5 Å². The van der Waals surface area contributed by atoms with Crippen molar-refractivity contribution in [1.29, 1.82) is 0 Å². The van der Waals surface area contributed by atoms with Crippen LogP contribution < -0.4 is 15.5 Å². The minimum absolute atomic E-state index is 0.0379. The normalized spacial score (nSPS) is 14.2. The van der Waals surface area contributed by atoms with Gasteiger partial charge >= 0.3 is 0 Å². The molecular formula is C18H19ClFN3O2. The molecule has 0 aliphatic carbocycles. The second-order valence-electron chi connectivity index (χ2n) is 5.67. The molecule has 25 heavy (non-hydrogen) atoms. The summed E-state index contributed by atoms with van der Waals surface area (Å²) in [6.07, 6.45) is 0. The van der Waals surface area contributed by atoms with Gasteiger partial charge in [-0.15, -0.1) is 0 Å². The first-order valence-electron chi connectivity index (χ1n) is 8.03. The maximum atomic E-state index is 13.7. The van der Waals surface area contributed by atoms with Gasteiger partial charge in [-0.25, -0.2) is 4.39 Å². The molecule has 1 heterocycles. The zero-order chi connectivity index (χ0) is 17.6. The molecule has 1 aliphatic rings. The molecule has 2 N–H and O–H groups in total. The van der Waals surface area contributed by atoms with Crippen LogP contribution in [0.5, 0.6) is 0 Å². The van der Waals surface area contributed by atoms with Crippen LogP contribution in [0.2, 0.25) is 5.02 Å². The van der Waals surface area contributed by atoms with Gasteiger partial charge in [0.1, 0.15) is 5.82 Å². The summed E-state index contributed by atoms with van der Waals surface area (Å²) < 4.78 is 19.0. The van der Waals surface area contributed by atoms with Gasteiger partial charge in [-0.1, -0.05) is 11.6 Å². The molecule has 1 saturated heterocycles. The summed E-state index contributed by atoms with van der Waals surface area (Å²) >= 11 is 5.70. The number of nitrogens with one attached hydrogen (secondary N) is 2. The molecule has 0 spiro atoms. The van der Waals surface area contributed by atoms with E-state index < -0.39 is 5.82 Å². The van der Waals surface area contributed by atoms with Gasteiger partial charge in [-0.05, 0) is 42.5 Å². The summed E-state index contributed by atoms with van der Waals surface area (Å²) in [5.74, 6) is -0.747. The summed E-state index contributed by atoms with van der Waals surface area (Å²) in [7, 11) is 0. The van der Waals surface area contributed by atoms with Crippen molar-refractivity contribution in [3.05, 3.63) is 53.3 Å². The Morgan fingerprint density at radius 3 is 2.56 bits per heavy atom. The second-order valence-corrected chi connectivity index (χ2v) is 6.11. The number of hydrogen-bond donors (Lipinski definition) is 2. The molecule has 1 amide bonds. The monoisotopic (exact) mass is 363 g/mol. The van der Waals surface area contributed by atoms with Gasteiger partial charge in [0.15, 0.2) is 0 Å². The van der Waals surface area contributed by atoms with Crippen molar-refractivity contribution in [2.24, 2.45) is 0 Å². The van der Waals surface area contributed by atoms with E-state index in [0.717, 1.165) is 32.0 Å². The molecule has 3 rings (SSSR count). The summed E-state index contributed by atoms with van der Waals surface area (Å²) in [5.41, 5.74) is 2.03. The van der Waals surface area contributed by atoms with E-state index in [1.54, 1.807) is 6.07 Å². The Bertz CT molecular complexity index is 734. The Balaban J connectivity index is 1.52. The van der Waals surface area contributed by atoms with Gasteiger partial charge in [-0.3, -0.25) is 4.79 Å². The van der Waals surface area contributed by atoms with E-state index in [2.05, 4.69) is 15.5 Å². The van der Waals surface area contributed by atoms with Crippen LogP contribution in [0.25, 0.3) is 0 Å². The lowest BCUT2D eigenvalue weighted by Gasteiger charge is -2.28. The number of carbonyl (C=O) groups excluding carboxylic acids is 1. The fourth-order valence-corrected chi connectivity index (χ4v) is 2.75. The largest absolute Gasteiger partial charge is 0.378 e. The van der Waals surface area contributed by atoms with Crippen LogP contribution in [0.1, 0.15) is 0 Å². The van der Waals surface area contributed by atoms with Crippen LogP contribution in [0.3, 0.4) is 0 Å². The maximum Gasteiger partial charge on any atom is 0.243 e. The zero-order valence-electron chi connectivity index (χ0n) is 13.6. The van der Waals surface area contributed by atoms with Gasteiger partial charge in [-0.2, -0.15) is 0 Å². The number of morpholine rings is 1. The van der Waals surface area contributed by atoms with Crippen LogP contribution in [0, 0.1) is 5.82 Å². The van der Waals surface area contributed by atoms with Crippen molar-refractivity contribution in [2.45, 2.75) is 0 Å². The number of benzene rings is 2. The third kappa shape index (κ3) is 4.84. The summed E-state index contributed by atoms with van der Waals surface area (Å²) in [6.45, 7) is 3.14. The summed E-state index contributed by atoms with van der Waals surface area (Å²) in [6, 6.07) is 11.9. The van der Waals surface area contributed by atoms with E-state index in [4.69, 9.17) is 16.3 Å². The zero-order valence-corrected chi connectivity index (χ0v) is 14.4. The molecule has 132 valence electrons. The number of rotatable bonds is 5. The third-order valence-electron chi connectivity index (χ3n) is 3.90. The van der Waals surface area contributed by atoms with Gasteiger partial charge in [0, 0.05) is 29.5 Å². The minimum atomic E-state index is -0.491. The SMILES string of the molecule is O=C(CNc1ccc(Cl)cc1F)Nc1ccc(N2CCOCC2)cc1. The van der Waals surface area contributed by atoms with E-state index in [0.29, 0.717) is 10.7 Å². The lowest BCUT2D eigenvalue weighted by molar-refractivity contribution is -0.114. The molecule has 2 aromatic carbocycles. The second kappa shape index (κ2) is 8.18. The smallest absolute Gasteiger partial charge is 0.243 e. The highest BCUT2D eigenvalue weighted by molar-refractivity contribution is 6.30. The Morgan fingerprint density at radius 2 is 1.88 bits per heavy atom. The molecule has 1 fully saturated rings. The number of nitrogens with zero attached hydrogens (tertiary/aromatic N) is 1. The Kier molecular flexibility index (Phi) is 5.73. The van der Waals surface area contributed by atoms with Crippen molar-refractivity contribution >= 4 is 34.6 Å². The molecule has 0 saturated carbocycles. The first-order valence-corrected chi connectivity index (χ1v) is 8.41. The average Bonchev–Trinajstić information content (AvgIpc) is 2.62. The highest BCUT2D eigenvalue weighted by Gasteiger charge is 2.11. The van der Waals surface area contributed by atoms with Crippen LogP contribution in [0.15, 0.2) is 42.5 Å². The molecule has 1 aliphatic heterocycles. The first kappa shape index (κ1) is 17.5. The van der Waals surface area contributed by atoms with E-state index >= 15 is 0 Å². The van der Waals surface area contributed by atoms with Crippen molar-refractivity contribution in [1.82, 2.24) is 0 Å². The number of hydrogen-bond acceptors (Lipinski definition) is 4. The lowest BCUT2D eigenvalue weighted by atomic mass is 10.2. The van der Waals surface area contributed by atoms with E-state index in [-0.39, 0.29) is 18.1 Å². The predicted octanol–water partition coefficient (Wildman–Crippen LogP) is 3.37. The lowest BCUT2D eigenvalue weighted by Crippen LogP contribution is -2.36. The van der Waals surface area contributed by atoms with Crippen molar-refractivity contribution in [2.75, 3.05) is 48.4 Å². The van der Waals surface area contributed by atoms with Crippen LogP contribution in [-0.4, -0.2) is 38.8 Å². The van der Waals surface area contributed by atoms with Crippen molar-refractivity contribution in [3.8, 4) is 0 Å². The average molecular weight is 364 g/mol. The van der Waals surface area contributed by atoms with Crippen LogP contribution in [-0.2, 0) is 9.53 Å². The van der Waals surface area contributed by atoms with Crippen molar-refractivity contribution in [3.63, 3.8) is 0 Å². The van der Waals surface area contributed by atoms with Gasteiger partial charge in [0.25, 0.3) is 0 Å². The maximum absolute atomic E-state index is 13.7. The van der Waals surface area contributed by atoms with E-state index in [9.17, 15) is 9.18 Å². The molecule has 0 aromatic heterocycles.